The van der Waals surface area contributed by atoms with Gasteiger partial charge in [0.25, 0.3) is 0 Å². The maximum atomic E-state index is 13.1. The molecule has 1 aromatic heterocycles. The number of fused-ring (bicyclic) bond motifs is 1. The third kappa shape index (κ3) is 2.79. The van der Waals surface area contributed by atoms with Crippen LogP contribution in [0.1, 0.15) is 24.6 Å². The molecule has 0 N–H and O–H groups in total. The standard InChI is InChI=1S/C15H16N6O2S3/c22-26(23,12-3-1-2-11-13(12)18-25-17-11)21-8-6-20(7-9-21)15-16-14(19-24-15)10-4-5-10/h1-3,10H,4-9H2. The lowest BCUT2D eigenvalue weighted by molar-refractivity contribution is 0.385. The zero-order valence-corrected chi connectivity index (χ0v) is 16.2. The molecule has 0 amide bonds. The van der Waals surface area contributed by atoms with Gasteiger partial charge in [-0.05, 0) is 25.0 Å². The highest BCUT2D eigenvalue weighted by molar-refractivity contribution is 7.89. The molecule has 8 nitrogen and oxygen atoms in total. The first-order chi connectivity index (χ1) is 12.6. The maximum Gasteiger partial charge on any atom is 0.245 e. The lowest BCUT2D eigenvalue weighted by Gasteiger charge is -2.33. The molecule has 1 saturated carbocycles. The van der Waals surface area contributed by atoms with Gasteiger partial charge in [-0.2, -0.15) is 17.4 Å². The molecule has 1 saturated heterocycles. The van der Waals surface area contributed by atoms with E-state index in [2.05, 4.69) is 23.0 Å². The van der Waals surface area contributed by atoms with Crippen molar-refractivity contribution in [2.45, 2.75) is 23.7 Å². The first-order valence-corrected chi connectivity index (χ1v) is 11.4. The van der Waals surface area contributed by atoms with E-state index in [1.165, 1.54) is 28.7 Å². The molecule has 1 aromatic carbocycles. The fraction of sp³-hybridized carbons (Fsp3) is 0.467. The Bertz CT molecular complexity index is 1030. The van der Waals surface area contributed by atoms with E-state index in [1.807, 2.05) is 0 Å². The highest BCUT2D eigenvalue weighted by atomic mass is 32.2. The number of piperazine rings is 1. The van der Waals surface area contributed by atoms with Crippen molar-refractivity contribution in [3.8, 4) is 0 Å². The lowest BCUT2D eigenvalue weighted by Crippen LogP contribution is -2.48. The summed E-state index contributed by atoms with van der Waals surface area (Å²) in [6.45, 7) is 2.08. The van der Waals surface area contributed by atoms with Crippen LogP contribution in [0.2, 0.25) is 0 Å². The first kappa shape index (κ1) is 16.5. The summed E-state index contributed by atoms with van der Waals surface area (Å²) < 4.78 is 40.4. The van der Waals surface area contributed by atoms with Crippen LogP contribution in [0.15, 0.2) is 31.8 Å². The van der Waals surface area contributed by atoms with Crippen molar-refractivity contribution >= 4 is 49.4 Å². The number of anilines is 1. The van der Waals surface area contributed by atoms with Crippen LogP contribution in [-0.4, -0.2) is 48.3 Å². The molecular formula is C15H16N6O2S3. The number of benzene rings is 1. The Hall–Kier alpha value is -1.69. The van der Waals surface area contributed by atoms with E-state index in [9.17, 15) is 8.42 Å². The van der Waals surface area contributed by atoms with Crippen molar-refractivity contribution in [2.75, 3.05) is 31.1 Å². The molecule has 0 bridgehead atoms. The van der Waals surface area contributed by atoms with Crippen LogP contribution in [0.4, 0.5) is 16.5 Å². The number of sulfonamides is 1. The van der Waals surface area contributed by atoms with Crippen molar-refractivity contribution in [2.24, 2.45) is 8.73 Å². The molecule has 5 rings (SSSR count). The Morgan fingerprint density at radius 3 is 2.65 bits per heavy atom. The number of hydrogen-bond acceptors (Lipinski definition) is 8. The molecule has 2 aliphatic heterocycles. The molecule has 11 heteroatoms. The maximum absolute atomic E-state index is 13.1. The van der Waals surface area contributed by atoms with Crippen molar-refractivity contribution < 1.29 is 8.42 Å². The second-order valence-corrected chi connectivity index (χ2v) is 9.65. The lowest BCUT2D eigenvalue weighted by atomic mass is 10.3. The van der Waals surface area contributed by atoms with Crippen molar-refractivity contribution in [3.05, 3.63) is 24.0 Å². The summed E-state index contributed by atoms with van der Waals surface area (Å²) in [5, 5.41) is 0.898. The van der Waals surface area contributed by atoms with Gasteiger partial charge in [0.15, 0.2) is 0 Å². The van der Waals surface area contributed by atoms with E-state index in [-0.39, 0.29) is 4.90 Å². The highest BCUT2D eigenvalue weighted by Gasteiger charge is 2.33. The fourth-order valence-corrected chi connectivity index (χ4v) is 6.08. The molecular weight excluding hydrogens is 392 g/mol. The van der Waals surface area contributed by atoms with E-state index in [0.29, 0.717) is 43.5 Å². The van der Waals surface area contributed by atoms with Gasteiger partial charge in [0.1, 0.15) is 22.1 Å². The fourth-order valence-electron chi connectivity index (χ4n) is 3.11. The average molecular weight is 409 g/mol. The van der Waals surface area contributed by atoms with Crippen molar-refractivity contribution in [1.29, 1.82) is 0 Å². The zero-order chi connectivity index (χ0) is 17.7. The summed E-state index contributed by atoms with van der Waals surface area (Å²) >= 11 is 2.44. The van der Waals surface area contributed by atoms with Gasteiger partial charge in [-0.25, -0.2) is 13.4 Å². The first-order valence-electron chi connectivity index (χ1n) is 8.43. The molecule has 3 aliphatic rings. The van der Waals surface area contributed by atoms with Crippen LogP contribution in [0.3, 0.4) is 0 Å². The van der Waals surface area contributed by atoms with Crippen LogP contribution in [0.5, 0.6) is 0 Å². The number of rotatable bonds is 4. The minimum atomic E-state index is -3.58. The summed E-state index contributed by atoms with van der Waals surface area (Å²) in [5.41, 5.74) is 1.08. The molecule has 0 spiro atoms. The zero-order valence-electron chi connectivity index (χ0n) is 13.8. The second kappa shape index (κ2) is 6.19. The SMILES string of the molecule is O=S(=O)(c1cccc2c1N=S=N2)N1CCN(c2nc(C3CC3)ns2)CC1. The van der Waals surface area contributed by atoms with E-state index >= 15 is 0 Å². The molecule has 2 fully saturated rings. The third-order valence-corrected chi connectivity index (χ3v) is 8.01. The second-order valence-electron chi connectivity index (χ2n) is 6.49. The summed E-state index contributed by atoms with van der Waals surface area (Å²) in [6.07, 6.45) is 2.36. The Morgan fingerprint density at radius 1 is 1.08 bits per heavy atom. The summed E-state index contributed by atoms with van der Waals surface area (Å²) in [4.78, 5) is 6.99. The van der Waals surface area contributed by atoms with Gasteiger partial charge < -0.3 is 4.90 Å². The van der Waals surface area contributed by atoms with Crippen LogP contribution < -0.4 is 4.90 Å². The average Bonchev–Trinajstić information content (AvgIpc) is 3.20. The Balaban J connectivity index is 1.33. The van der Waals surface area contributed by atoms with Crippen molar-refractivity contribution in [1.82, 2.24) is 13.7 Å². The van der Waals surface area contributed by atoms with E-state index < -0.39 is 10.0 Å². The Labute approximate surface area is 159 Å². The highest BCUT2D eigenvalue weighted by Crippen LogP contribution is 2.40. The molecule has 3 heterocycles. The van der Waals surface area contributed by atoms with Gasteiger partial charge in [-0.3, -0.25) is 0 Å². The molecule has 0 radical (unpaired) electrons. The summed E-state index contributed by atoms with van der Waals surface area (Å²) in [6, 6.07) is 5.11. The van der Waals surface area contributed by atoms with Crippen LogP contribution in [0.25, 0.3) is 0 Å². The molecule has 0 atom stereocenters. The quantitative estimate of drug-likeness (QED) is 0.662. The van der Waals surface area contributed by atoms with E-state index in [0.717, 1.165) is 22.3 Å². The third-order valence-electron chi connectivity index (χ3n) is 4.75. The van der Waals surface area contributed by atoms with Crippen LogP contribution in [0, 0.1) is 0 Å². The predicted molar refractivity (Wildman–Crippen MR) is 101 cm³/mol. The monoisotopic (exact) mass is 408 g/mol. The molecule has 0 unspecified atom stereocenters. The topological polar surface area (TPSA) is 91.1 Å². The molecule has 26 heavy (non-hydrogen) atoms. The molecule has 1 aliphatic carbocycles. The Kier molecular flexibility index (Phi) is 3.92. The smallest absolute Gasteiger partial charge is 0.245 e. The van der Waals surface area contributed by atoms with Crippen molar-refractivity contribution in [3.63, 3.8) is 0 Å². The number of aromatic nitrogens is 2. The number of nitrogens with zero attached hydrogens (tertiary/aromatic N) is 6. The van der Waals surface area contributed by atoms with Gasteiger partial charge in [0, 0.05) is 43.6 Å². The minimum Gasteiger partial charge on any atom is -0.344 e. The van der Waals surface area contributed by atoms with E-state index in [4.69, 9.17) is 0 Å². The molecule has 136 valence electrons. The van der Waals surface area contributed by atoms with Gasteiger partial charge in [-0.15, -0.1) is 0 Å². The summed E-state index contributed by atoms with van der Waals surface area (Å²) in [5.74, 6) is 1.48. The largest absolute Gasteiger partial charge is 0.344 e. The predicted octanol–water partition coefficient (Wildman–Crippen LogP) is 2.65. The van der Waals surface area contributed by atoms with Crippen LogP contribution >= 0.6 is 11.5 Å². The van der Waals surface area contributed by atoms with Gasteiger partial charge in [0.2, 0.25) is 15.2 Å². The Morgan fingerprint density at radius 2 is 1.88 bits per heavy atom. The van der Waals surface area contributed by atoms with Crippen LogP contribution in [-0.2, 0) is 21.4 Å². The molecule has 2 aromatic rings. The van der Waals surface area contributed by atoms with Gasteiger partial charge in [-0.1, -0.05) is 6.07 Å². The normalized spacial score (nSPS) is 20.2. The van der Waals surface area contributed by atoms with Gasteiger partial charge in [0.05, 0.1) is 11.4 Å². The van der Waals surface area contributed by atoms with Gasteiger partial charge >= 0.3 is 0 Å². The summed E-state index contributed by atoms with van der Waals surface area (Å²) in [7, 11) is -3.58. The minimum absolute atomic E-state index is 0.240. The van der Waals surface area contributed by atoms with E-state index in [1.54, 1.807) is 18.2 Å². The number of hydrogen-bond donors (Lipinski definition) is 0.